The summed E-state index contributed by atoms with van der Waals surface area (Å²) >= 11 is 0. The maximum atomic E-state index is 5.71. The zero-order chi connectivity index (χ0) is 8.41. The summed E-state index contributed by atoms with van der Waals surface area (Å²) in [7, 11) is 0. The van der Waals surface area contributed by atoms with E-state index in [-0.39, 0.29) is 5.41 Å². The zero-order valence-corrected chi connectivity index (χ0v) is 7.15. The van der Waals surface area contributed by atoms with Gasteiger partial charge in [0.05, 0.1) is 0 Å². The number of rotatable bonds is 0. The predicted octanol–water partition coefficient (Wildman–Crippen LogP) is 0.669. The summed E-state index contributed by atoms with van der Waals surface area (Å²) in [6.07, 6.45) is 0. The smallest absolute Gasteiger partial charge is 0.132 e. The van der Waals surface area contributed by atoms with Crippen LogP contribution in [0.3, 0.4) is 0 Å². The summed E-state index contributed by atoms with van der Waals surface area (Å²) in [6, 6.07) is 0. The Morgan fingerprint density at radius 3 is 1.60 bits per heavy atom. The van der Waals surface area contributed by atoms with Crippen molar-refractivity contribution in [3.8, 4) is 11.8 Å². The Balaban J connectivity index is 4.51. The van der Waals surface area contributed by atoms with Crippen LogP contribution in [-0.2, 0) is 0 Å². The van der Waals surface area contributed by atoms with Gasteiger partial charge in [-0.05, 0) is 6.92 Å². The van der Waals surface area contributed by atoms with E-state index >= 15 is 0 Å². The highest BCUT2D eigenvalue weighted by molar-refractivity contribution is 5.16. The van der Waals surface area contributed by atoms with Gasteiger partial charge in [-0.25, -0.2) is 0 Å². The molecule has 0 atom stereocenters. The molecule has 0 spiro atoms. The molecule has 2 heteroatoms. The second kappa shape index (κ2) is 2.61. The summed E-state index contributed by atoms with van der Waals surface area (Å²) in [5, 5.41) is 0. The quantitative estimate of drug-likeness (QED) is 0.384. The Hall–Kier alpha value is -0.520. The molecule has 0 aromatic carbocycles. The predicted molar refractivity (Wildman–Crippen MR) is 44.0 cm³/mol. The molecule has 0 heterocycles. The first kappa shape index (κ1) is 9.48. The van der Waals surface area contributed by atoms with Gasteiger partial charge in [0, 0.05) is 5.41 Å². The molecule has 0 fully saturated rings. The Morgan fingerprint density at radius 1 is 1.10 bits per heavy atom. The van der Waals surface area contributed by atoms with Gasteiger partial charge in [0.15, 0.2) is 0 Å². The SMILES string of the molecule is CC#CC(N)(N)C(C)(C)C. The monoisotopic (exact) mass is 140 g/mol. The molecule has 0 rings (SSSR count). The van der Waals surface area contributed by atoms with Crippen molar-refractivity contribution in [3.63, 3.8) is 0 Å². The van der Waals surface area contributed by atoms with Crippen LogP contribution in [0, 0.1) is 17.3 Å². The van der Waals surface area contributed by atoms with Gasteiger partial charge in [0.2, 0.25) is 0 Å². The van der Waals surface area contributed by atoms with Crippen molar-refractivity contribution in [2.24, 2.45) is 16.9 Å². The van der Waals surface area contributed by atoms with Crippen LogP contribution in [0.5, 0.6) is 0 Å². The molecule has 2 nitrogen and oxygen atoms in total. The lowest BCUT2D eigenvalue weighted by molar-refractivity contribution is 0.259. The van der Waals surface area contributed by atoms with E-state index in [1.54, 1.807) is 6.92 Å². The van der Waals surface area contributed by atoms with E-state index in [0.717, 1.165) is 0 Å². The average molecular weight is 140 g/mol. The topological polar surface area (TPSA) is 52.0 Å². The molecule has 0 aromatic heterocycles. The van der Waals surface area contributed by atoms with E-state index in [2.05, 4.69) is 11.8 Å². The van der Waals surface area contributed by atoms with Crippen molar-refractivity contribution in [3.05, 3.63) is 0 Å². The van der Waals surface area contributed by atoms with Crippen molar-refractivity contribution >= 4 is 0 Å². The number of hydrogen-bond acceptors (Lipinski definition) is 2. The second-order valence-corrected chi connectivity index (χ2v) is 3.49. The minimum atomic E-state index is -0.873. The van der Waals surface area contributed by atoms with Crippen molar-refractivity contribution in [1.29, 1.82) is 0 Å². The Kier molecular flexibility index (Phi) is 2.48. The largest absolute Gasteiger partial charge is 0.303 e. The van der Waals surface area contributed by atoms with E-state index in [1.165, 1.54) is 0 Å². The fraction of sp³-hybridized carbons (Fsp3) is 0.750. The van der Waals surface area contributed by atoms with Crippen LogP contribution in [0.4, 0.5) is 0 Å². The highest BCUT2D eigenvalue weighted by atomic mass is 15.0. The number of hydrogen-bond donors (Lipinski definition) is 2. The van der Waals surface area contributed by atoms with Crippen molar-refractivity contribution in [1.82, 2.24) is 0 Å². The third-order valence-corrected chi connectivity index (χ3v) is 1.57. The van der Waals surface area contributed by atoms with Crippen molar-refractivity contribution < 1.29 is 0 Å². The molecule has 0 aromatic rings. The average Bonchev–Trinajstić information content (AvgIpc) is 1.61. The lowest BCUT2D eigenvalue weighted by atomic mass is 9.82. The number of nitrogens with two attached hydrogens (primary N) is 2. The van der Waals surface area contributed by atoms with Crippen LogP contribution in [0.1, 0.15) is 27.7 Å². The lowest BCUT2D eigenvalue weighted by Crippen LogP contribution is -2.58. The third kappa shape index (κ3) is 2.02. The first-order chi connectivity index (χ1) is 4.31. The molecule has 0 amide bonds. The maximum absolute atomic E-state index is 5.71. The normalized spacial score (nSPS) is 12.2. The van der Waals surface area contributed by atoms with Gasteiger partial charge in [0.25, 0.3) is 0 Å². The van der Waals surface area contributed by atoms with E-state index < -0.39 is 5.66 Å². The Morgan fingerprint density at radius 2 is 1.50 bits per heavy atom. The van der Waals surface area contributed by atoms with Crippen LogP contribution in [-0.4, -0.2) is 5.66 Å². The Labute approximate surface area is 63.0 Å². The molecule has 0 aliphatic carbocycles. The van der Waals surface area contributed by atoms with E-state index in [4.69, 9.17) is 11.5 Å². The molecule has 0 aliphatic heterocycles. The van der Waals surface area contributed by atoms with Gasteiger partial charge in [-0.3, -0.25) is 0 Å². The summed E-state index contributed by atoms with van der Waals surface area (Å²) < 4.78 is 0. The van der Waals surface area contributed by atoms with Gasteiger partial charge in [-0.15, -0.1) is 5.92 Å². The molecule has 0 aliphatic rings. The van der Waals surface area contributed by atoms with Crippen LogP contribution >= 0.6 is 0 Å². The lowest BCUT2D eigenvalue weighted by Gasteiger charge is -2.33. The van der Waals surface area contributed by atoms with Crippen molar-refractivity contribution in [2.75, 3.05) is 0 Å². The zero-order valence-electron chi connectivity index (χ0n) is 7.15. The molecule has 58 valence electrons. The molecule has 4 N–H and O–H groups in total. The minimum absolute atomic E-state index is 0.171. The van der Waals surface area contributed by atoms with Gasteiger partial charge in [-0.1, -0.05) is 26.7 Å². The van der Waals surface area contributed by atoms with E-state index in [1.807, 2.05) is 20.8 Å². The van der Waals surface area contributed by atoms with Gasteiger partial charge >= 0.3 is 0 Å². The maximum Gasteiger partial charge on any atom is 0.132 e. The van der Waals surface area contributed by atoms with Gasteiger partial charge < -0.3 is 11.5 Å². The van der Waals surface area contributed by atoms with Crippen LogP contribution in [0.2, 0.25) is 0 Å². The molecular formula is C8H16N2. The molecule has 0 saturated heterocycles. The second-order valence-electron chi connectivity index (χ2n) is 3.49. The van der Waals surface area contributed by atoms with Crippen molar-refractivity contribution in [2.45, 2.75) is 33.4 Å². The fourth-order valence-electron chi connectivity index (χ4n) is 0.394. The molecular weight excluding hydrogens is 124 g/mol. The summed E-state index contributed by atoms with van der Waals surface area (Å²) in [5.74, 6) is 5.48. The van der Waals surface area contributed by atoms with E-state index in [9.17, 15) is 0 Å². The highest BCUT2D eigenvalue weighted by Crippen LogP contribution is 2.22. The first-order valence-corrected chi connectivity index (χ1v) is 3.33. The molecule has 0 unspecified atom stereocenters. The summed E-state index contributed by atoms with van der Waals surface area (Å²) in [5.41, 5.74) is 10.4. The molecule has 0 saturated carbocycles. The van der Waals surface area contributed by atoms with Gasteiger partial charge in [-0.2, -0.15) is 0 Å². The fourth-order valence-corrected chi connectivity index (χ4v) is 0.394. The third-order valence-electron chi connectivity index (χ3n) is 1.57. The highest BCUT2D eigenvalue weighted by Gasteiger charge is 2.32. The Bertz CT molecular complexity index is 164. The van der Waals surface area contributed by atoms with E-state index in [0.29, 0.717) is 0 Å². The standard InChI is InChI=1S/C8H16N2/c1-5-6-8(9,10)7(2,3)4/h9-10H2,1-4H3. The summed E-state index contributed by atoms with van der Waals surface area (Å²) in [4.78, 5) is 0. The van der Waals surface area contributed by atoms with Crippen LogP contribution < -0.4 is 11.5 Å². The summed E-state index contributed by atoms with van der Waals surface area (Å²) in [6.45, 7) is 7.65. The van der Waals surface area contributed by atoms with Gasteiger partial charge in [0.1, 0.15) is 5.66 Å². The molecule has 0 radical (unpaired) electrons. The minimum Gasteiger partial charge on any atom is -0.303 e. The molecule has 0 bridgehead atoms. The molecule has 10 heavy (non-hydrogen) atoms. The van der Waals surface area contributed by atoms with Crippen LogP contribution in [0.15, 0.2) is 0 Å². The first-order valence-electron chi connectivity index (χ1n) is 3.33. The van der Waals surface area contributed by atoms with Crippen LogP contribution in [0.25, 0.3) is 0 Å².